The summed E-state index contributed by atoms with van der Waals surface area (Å²) >= 11 is 0. The largest absolute Gasteiger partial charge is 0.317 e. The first kappa shape index (κ1) is 10.5. The van der Waals surface area contributed by atoms with E-state index in [1.54, 1.807) is 0 Å². The normalized spacial score (nSPS) is 29.6. The van der Waals surface area contributed by atoms with Gasteiger partial charge in [-0.05, 0) is 62.4 Å². The Labute approximate surface area is 88.7 Å². The molecule has 0 amide bonds. The van der Waals surface area contributed by atoms with E-state index in [1.807, 2.05) is 0 Å². The maximum atomic E-state index is 3.46. The number of nitrogens with one attached hydrogen (secondary N) is 1. The number of hydrogen-bond acceptors (Lipinski definition) is 1. The molecule has 1 aliphatic heterocycles. The topological polar surface area (TPSA) is 12.0 Å². The fraction of sp³-hybridized carbons (Fsp3) is 1.00. The van der Waals surface area contributed by atoms with Gasteiger partial charge in [-0.1, -0.05) is 20.3 Å². The Hall–Kier alpha value is -0.0400. The molecule has 2 rings (SSSR count). The van der Waals surface area contributed by atoms with E-state index in [1.165, 1.54) is 51.6 Å². The van der Waals surface area contributed by atoms with Gasteiger partial charge in [0.05, 0.1) is 0 Å². The Bertz CT molecular complexity index is 178. The first-order chi connectivity index (χ1) is 6.70. The minimum Gasteiger partial charge on any atom is -0.317 e. The molecule has 0 aromatic carbocycles. The van der Waals surface area contributed by atoms with Crippen molar-refractivity contribution in [2.45, 2.75) is 52.4 Å². The highest BCUT2D eigenvalue weighted by Gasteiger charge is 2.35. The molecule has 0 bridgehead atoms. The zero-order valence-electron chi connectivity index (χ0n) is 9.81. The van der Waals surface area contributed by atoms with Crippen molar-refractivity contribution >= 4 is 0 Å². The van der Waals surface area contributed by atoms with Gasteiger partial charge >= 0.3 is 0 Å². The van der Waals surface area contributed by atoms with E-state index < -0.39 is 0 Å². The second-order valence-corrected chi connectivity index (χ2v) is 5.93. The first-order valence-corrected chi connectivity index (χ1v) is 6.40. The van der Waals surface area contributed by atoms with Gasteiger partial charge in [-0.3, -0.25) is 0 Å². The lowest BCUT2D eigenvalue weighted by atomic mass is 9.64. The molecule has 1 heterocycles. The smallest absolute Gasteiger partial charge is 0.00462 e. The Morgan fingerprint density at radius 2 is 1.93 bits per heavy atom. The van der Waals surface area contributed by atoms with Crippen LogP contribution in [-0.4, -0.2) is 13.1 Å². The Morgan fingerprint density at radius 3 is 2.43 bits per heavy atom. The number of piperidine rings is 1. The second-order valence-electron chi connectivity index (χ2n) is 5.93. The highest BCUT2D eigenvalue weighted by Crippen LogP contribution is 2.47. The zero-order chi connectivity index (χ0) is 10.0. The fourth-order valence-corrected chi connectivity index (χ4v) is 3.34. The standard InChI is InChI=1S/C13H25N/c1-11(10-13(2)6-3-7-13)12-4-8-14-9-5-12/h11-12,14H,3-10H2,1-2H3. The van der Waals surface area contributed by atoms with Gasteiger partial charge in [-0.25, -0.2) is 0 Å². The summed E-state index contributed by atoms with van der Waals surface area (Å²) in [6.45, 7) is 7.49. The number of hydrogen-bond donors (Lipinski definition) is 1. The molecule has 1 unspecified atom stereocenters. The molecule has 1 saturated carbocycles. The molecule has 0 spiro atoms. The summed E-state index contributed by atoms with van der Waals surface area (Å²) < 4.78 is 0. The summed E-state index contributed by atoms with van der Waals surface area (Å²) in [5.41, 5.74) is 0.726. The highest BCUT2D eigenvalue weighted by molar-refractivity contribution is 4.87. The van der Waals surface area contributed by atoms with Crippen LogP contribution in [0.4, 0.5) is 0 Å². The van der Waals surface area contributed by atoms with Crippen molar-refractivity contribution < 1.29 is 0 Å². The Kier molecular flexibility index (Phi) is 3.16. The van der Waals surface area contributed by atoms with Crippen molar-refractivity contribution in [2.75, 3.05) is 13.1 Å². The average Bonchev–Trinajstić information content (AvgIpc) is 2.17. The van der Waals surface area contributed by atoms with Crippen molar-refractivity contribution in [3.8, 4) is 0 Å². The summed E-state index contributed by atoms with van der Waals surface area (Å²) in [5, 5.41) is 3.46. The molecule has 1 aliphatic carbocycles. The van der Waals surface area contributed by atoms with Crippen LogP contribution in [0.2, 0.25) is 0 Å². The highest BCUT2D eigenvalue weighted by atomic mass is 14.9. The van der Waals surface area contributed by atoms with E-state index >= 15 is 0 Å². The van der Waals surface area contributed by atoms with Gasteiger partial charge in [0.1, 0.15) is 0 Å². The van der Waals surface area contributed by atoms with E-state index in [0.717, 1.165) is 17.3 Å². The molecule has 1 heteroatoms. The van der Waals surface area contributed by atoms with Gasteiger partial charge in [-0.2, -0.15) is 0 Å². The first-order valence-electron chi connectivity index (χ1n) is 6.40. The van der Waals surface area contributed by atoms with Gasteiger partial charge in [0.25, 0.3) is 0 Å². The third-order valence-electron chi connectivity index (χ3n) is 4.56. The molecule has 0 aromatic heterocycles. The van der Waals surface area contributed by atoms with Crippen LogP contribution in [0.15, 0.2) is 0 Å². The Balaban J connectivity index is 1.78. The summed E-state index contributed by atoms with van der Waals surface area (Å²) in [6.07, 6.45) is 8.77. The molecule has 2 aliphatic rings. The third-order valence-corrected chi connectivity index (χ3v) is 4.56. The van der Waals surface area contributed by atoms with Crippen LogP contribution in [0.25, 0.3) is 0 Å². The van der Waals surface area contributed by atoms with Crippen molar-refractivity contribution in [1.29, 1.82) is 0 Å². The molecule has 1 nitrogen and oxygen atoms in total. The second kappa shape index (κ2) is 4.22. The van der Waals surface area contributed by atoms with E-state index in [2.05, 4.69) is 19.2 Å². The van der Waals surface area contributed by atoms with Crippen molar-refractivity contribution in [1.82, 2.24) is 5.32 Å². The number of rotatable bonds is 3. The van der Waals surface area contributed by atoms with Gasteiger partial charge in [0, 0.05) is 0 Å². The van der Waals surface area contributed by atoms with Crippen LogP contribution in [0, 0.1) is 17.3 Å². The molecule has 1 N–H and O–H groups in total. The molecule has 0 radical (unpaired) electrons. The maximum absolute atomic E-state index is 3.46. The molecule has 2 fully saturated rings. The van der Waals surface area contributed by atoms with Gasteiger partial charge in [-0.15, -0.1) is 0 Å². The van der Waals surface area contributed by atoms with Crippen LogP contribution in [0.3, 0.4) is 0 Å². The lowest BCUT2D eigenvalue weighted by Gasteiger charge is -2.42. The lowest BCUT2D eigenvalue weighted by Crippen LogP contribution is -2.34. The fourth-order valence-electron chi connectivity index (χ4n) is 3.34. The van der Waals surface area contributed by atoms with Crippen LogP contribution in [0.5, 0.6) is 0 Å². The van der Waals surface area contributed by atoms with Crippen LogP contribution in [0.1, 0.15) is 52.4 Å². The molecular formula is C13H25N. The maximum Gasteiger partial charge on any atom is -0.00462 e. The van der Waals surface area contributed by atoms with Gasteiger partial charge in [0.2, 0.25) is 0 Å². The van der Waals surface area contributed by atoms with Crippen molar-refractivity contribution in [3.63, 3.8) is 0 Å². The minimum absolute atomic E-state index is 0.726. The average molecular weight is 195 g/mol. The quantitative estimate of drug-likeness (QED) is 0.729. The summed E-state index contributed by atoms with van der Waals surface area (Å²) in [5.74, 6) is 1.97. The summed E-state index contributed by atoms with van der Waals surface area (Å²) in [6, 6.07) is 0. The van der Waals surface area contributed by atoms with E-state index in [-0.39, 0.29) is 0 Å². The molecular weight excluding hydrogens is 170 g/mol. The van der Waals surface area contributed by atoms with Crippen molar-refractivity contribution in [3.05, 3.63) is 0 Å². The SMILES string of the molecule is CC(CC1(C)CCC1)C1CCNCC1. The minimum atomic E-state index is 0.726. The molecule has 82 valence electrons. The molecule has 1 atom stereocenters. The van der Waals surface area contributed by atoms with Crippen LogP contribution in [-0.2, 0) is 0 Å². The van der Waals surface area contributed by atoms with Crippen LogP contribution >= 0.6 is 0 Å². The van der Waals surface area contributed by atoms with Crippen LogP contribution < -0.4 is 5.32 Å². The molecule has 0 aromatic rings. The van der Waals surface area contributed by atoms with Gasteiger partial charge in [0.15, 0.2) is 0 Å². The summed E-state index contributed by atoms with van der Waals surface area (Å²) in [7, 11) is 0. The lowest BCUT2D eigenvalue weighted by molar-refractivity contribution is 0.0945. The predicted molar refractivity (Wildman–Crippen MR) is 61.3 cm³/mol. The predicted octanol–water partition coefficient (Wildman–Crippen LogP) is 3.20. The molecule has 14 heavy (non-hydrogen) atoms. The van der Waals surface area contributed by atoms with E-state index in [4.69, 9.17) is 0 Å². The van der Waals surface area contributed by atoms with E-state index in [0.29, 0.717) is 0 Å². The molecule has 1 saturated heterocycles. The Morgan fingerprint density at radius 1 is 1.29 bits per heavy atom. The monoisotopic (exact) mass is 195 g/mol. The third kappa shape index (κ3) is 2.31. The zero-order valence-corrected chi connectivity index (χ0v) is 9.81. The van der Waals surface area contributed by atoms with E-state index in [9.17, 15) is 0 Å². The summed E-state index contributed by atoms with van der Waals surface area (Å²) in [4.78, 5) is 0. The van der Waals surface area contributed by atoms with Crippen molar-refractivity contribution in [2.24, 2.45) is 17.3 Å². The van der Waals surface area contributed by atoms with Gasteiger partial charge < -0.3 is 5.32 Å².